The Morgan fingerprint density at radius 2 is 1.62 bits per heavy atom. The summed E-state index contributed by atoms with van der Waals surface area (Å²) >= 11 is 0. The van der Waals surface area contributed by atoms with Crippen molar-refractivity contribution < 1.29 is 55.6 Å². The van der Waals surface area contributed by atoms with Crippen LogP contribution >= 0.6 is 7.82 Å². The van der Waals surface area contributed by atoms with Crippen LogP contribution in [0.3, 0.4) is 0 Å². The second-order valence-electron chi connectivity index (χ2n) is 12.7. The highest BCUT2D eigenvalue weighted by Gasteiger charge is 2.32. The molecular formula is C39H32F3N8O10P. The van der Waals surface area contributed by atoms with Gasteiger partial charge in [0.1, 0.15) is 24.0 Å². The number of carboxylic acid groups (broad SMARTS) is 1. The van der Waals surface area contributed by atoms with E-state index in [9.17, 15) is 46.8 Å². The van der Waals surface area contributed by atoms with E-state index in [2.05, 4.69) is 50.3 Å². The summed E-state index contributed by atoms with van der Waals surface area (Å²) in [4.78, 5) is 76.8. The van der Waals surface area contributed by atoms with Gasteiger partial charge in [-0.1, -0.05) is 25.0 Å². The first-order chi connectivity index (χ1) is 29.0. The summed E-state index contributed by atoms with van der Waals surface area (Å²) in [6.45, 7) is 1.04. The average Bonchev–Trinajstić information content (AvgIpc) is 3.21. The fourth-order valence-corrected chi connectivity index (χ4v) is 5.98. The van der Waals surface area contributed by atoms with Gasteiger partial charge in [0.05, 0.1) is 41.9 Å². The smallest absolute Gasteiger partial charge is 0.480 e. The van der Waals surface area contributed by atoms with Crippen LogP contribution in [0.1, 0.15) is 57.3 Å². The van der Waals surface area contributed by atoms with Crippen molar-refractivity contribution >= 4 is 65.6 Å². The number of hydrogen-bond acceptors (Lipinski definition) is 14. The van der Waals surface area contributed by atoms with E-state index in [0.29, 0.717) is 23.4 Å². The summed E-state index contributed by atoms with van der Waals surface area (Å²) in [5.41, 5.74) is -1.35. The van der Waals surface area contributed by atoms with Crippen molar-refractivity contribution in [2.75, 3.05) is 16.0 Å². The van der Waals surface area contributed by atoms with Gasteiger partial charge in [0, 0.05) is 23.4 Å². The fraction of sp³-hybridized carbons (Fsp3) is 0.179. The van der Waals surface area contributed by atoms with Gasteiger partial charge in [0.25, 0.3) is 11.8 Å². The predicted molar refractivity (Wildman–Crippen MR) is 212 cm³/mol. The van der Waals surface area contributed by atoms with E-state index in [1.54, 1.807) is 24.3 Å². The van der Waals surface area contributed by atoms with Gasteiger partial charge >= 0.3 is 25.5 Å². The molecular weight excluding hydrogens is 828 g/mol. The van der Waals surface area contributed by atoms with Gasteiger partial charge in [-0.3, -0.25) is 18.9 Å². The molecule has 0 aliphatic rings. The van der Waals surface area contributed by atoms with Crippen LogP contribution in [0.4, 0.5) is 36.2 Å². The minimum Gasteiger partial charge on any atom is -0.480 e. The average molecular weight is 861 g/mol. The molecule has 0 aliphatic heterocycles. The number of ketones is 1. The number of rotatable bonds is 18. The van der Waals surface area contributed by atoms with Gasteiger partial charge in [-0.05, 0) is 73.5 Å². The lowest BCUT2D eigenvalue weighted by Gasteiger charge is -2.15. The zero-order valence-electron chi connectivity index (χ0n) is 31.5. The van der Waals surface area contributed by atoms with Crippen molar-refractivity contribution in [2.45, 2.75) is 45.1 Å². The molecule has 2 aromatic heterocycles. The number of benzene rings is 3. The Morgan fingerprint density at radius 1 is 0.951 bits per heavy atom. The van der Waals surface area contributed by atoms with Crippen LogP contribution < -0.4 is 26.8 Å². The van der Waals surface area contributed by atoms with E-state index in [-0.39, 0.29) is 77.1 Å². The van der Waals surface area contributed by atoms with E-state index < -0.39 is 48.9 Å². The number of aliphatic carboxylic acids is 1. The summed E-state index contributed by atoms with van der Waals surface area (Å²) in [5.74, 6) is -3.33. The van der Waals surface area contributed by atoms with E-state index in [4.69, 9.17) is 17.4 Å². The Labute approximate surface area is 343 Å². The van der Waals surface area contributed by atoms with Crippen LogP contribution in [0.15, 0.2) is 77.7 Å². The minimum atomic E-state index is -4.80. The Morgan fingerprint density at radius 3 is 2.25 bits per heavy atom. The molecule has 1 atom stereocenters. The largest absolute Gasteiger partial charge is 0.605 e. The third kappa shape index (κ3) is 12.1. The first kappa shape index (κ1) is 44.4. The second-order valence-corrected chi connectivity index (χ2v) is 14.2. The number of nitrogens with zero attached hydrogens (tertiary/aromatic N) is 3. The first-order valence-corrected chi connectivity index (χ1v) is 19.0. The van der Waals surface area contributed by atoms with E-state index in [1.165, 1.54) is 49.5 Å². The number of hydrogen-bond donors (Lipinski definition) is 6. The first-order valence-electron chi connectivity index (χ1n) is 17.5. The molecule has 0 saturated heterocycles. The number of nitrogens with one attached hydrogen (secondary N) is 5. The SMILES string of the molecule is C#COP(=O)(OC#C)OCc1ccc(NC(=O)c2ccc(C(F)(F)F)cc2Nc2nc(=O)c3nc(CNc4ccc(C(=O)N[C@@H](CCC(C)=O)C(=O)O)cc4)cnc3[nH]2)cc1. The number of aromatic amines is 1. The zero-order chi connectivity index (χ0) is 44.3. The third-order valence-electron chi connectivity index (χ3n) is 8.26. The minimum absolute atomic E-state index is 0.0108. The van der Waals surface area contributed by atoms with Gasteiger partial charge in [-0.15, -0.1) is 0 Å². The number of fused-ring (bicyclic) bond motifs is 1. The van der Waals surface area contributed by atoms with Crippen molar-refractivity contribution in [3.05, 3.63) is 111 Å². The maximum Gasteiger partial charge on any atom is 0.605 e. The highest BCUT2D eigenvalue weighted by Crippen LogP contribution is 2.49. The Balaban J connectivity index is 1.27. The zero-order valence-corrected chi connectivity index (χ0v) is 32.4. The maximum atomic E-state index is 13.8. The highest BCUT2D eigenvalue weighted by atomic mass is 31.2. The lowest BCUT2D eigenvalue weighted by atomic mass is 10.1. The Hall–Kier alpha value is -7.74. The van der Waals surface area contributed by atoms with Crippen molar-refractivity contribution in [3.63, 3.8) is 0 Å². The number of alkyl halides is 3. The van der Waals surface area contributed by atoms with Crippen LogP contribution in [0.2, 0.25) is 0 Å². The van der Waals surface area contributed by atoms with E-state index >= 15 is 0 Å². The summed E-state index contributed by atoms with van der Waals surface area (Å²) < 4.78 is 67.6. The summed E-state index contributed by atoms with van der Waals surface area (Å²) in [5, 5.41) is 19.9. The molecule has 2 heterocycles. The van der Waals surface area contributed by atoms with Crippen LogP contribution in [-0.4, -0.2) is 54.7 Å². The number of amides is 2. The van der Waals surface area contributed by atoms with E-state index in [0.717, 1.165) is 6.07 Å². The molecule has 0 aliphatic carbocycles. The van der Waals surface area contributed by atoms with Crippen LogP contribution in [0.25, 0.3) is 11.2 Å². The van der Waals surface area contributed by atoms with Gasteiger partial charge in [-0.25, -0.2) is 19.3 Å². The number of phosphoric ester groups is 1. The number of Topliss-reactive ketones (excluding diaryl/α,β-unsaturated/α-hetero) is 1. The molecule has 3 aromatic carbocycles. The molecule has 2 amide bonds. The van der Waals surface area contributed by atoms with Crippen LogP contribution in [0, 0.1) is 25.1 Å². The van der Waals surface area contributed by atoms with Crippen LogP contribution in [0.5, 0.6) is 0 Å². The van der Waals surface area contributed by atoms with Gasteiger partial charge in [-0.2, -0.15) is 18.2 Å². The lowest BCUT2D eigenvalue weighted by Crippen LogP contribution is -2.41. The number of H-pyrrole nitrogens is 1. The Bertz CT molecular complexity index is 2640. The molecule has 0 unspecified atom stereocenters. The predicted octanol–water partition coefficient (Wildman–Crippen LogP) is 5.73. The summed E-state index contributed by atoms with van der Waals surface area (Å²) in [6.07, 6.45) is 9.73. The number of terminal acetylenes is 2. The number of aromatic nitrogens is 4. The number of carbonyl (C=O) groups excluding carboxylic acids is 3. The molecule has 314 valence electrons. The topological polar surface area (TPSA) is 253 Å². The molecule has 0 fully saturated rings. The number of anilines is 4. The molecule has 18 nitrogen and oxygen atoms in total. The number of halogens is 3. The highest BCUT2D eigenvalue weighted by molar-refractivity contribution is 7.48. The van der Waals surface area contributed by atoms with Crippen molar-refractivity contribution in [2.24, 2.45) is 0 Å². The molecule has 0 saturated carbocycles. The standard InChI is InChI=1S/C39H32F3N8O10P/c1-4-58-61(57,59-5-2)60-21-23-7-12-27(13-8-23)46-35(53)29-16-11-25(39(40,41)42)18-31(29)48-38-49-33-32(36(54)50-38)45-28(20-44-33)19-43-26-14-9-24(10-15-26)34(52)47-30(37(55)56)17-6-22(3)51/h1-2,7-16,18,20,30,43H,6,17,19,21H2,3H3,(H,46,53)(H,47,52)(H,55,56)(H2,44,48,49,50,54)/t30-/m0/s1. The quantitative estimate of drug-likeness (QED) is 0.0454. The summed E-state index contributed by atoms with van der Waals surface area (Å²) in [7, 11) is -4.25. The van der Waals surface area contributed by atoms with E-state index in [1.807, 2.05) is 0 Å². The maximum absolute atomic E-state index is 13.8. The number of carboxylic acids is 1. The summed E-state index contributed by atoms with van der Waals surface area (Å²) in [6, 6.07) is 12.8. The number of carbonyl (C=O) groups is 4. The van der Waals surface area contributed by atoms with Gasteiger partial charge < -0.3 is 45.2 Å². The van der Waals surface area contributed by atoms with Crippen molar-refractivity contribution in [1.82, 2.24) is 25.3 Å². The second kappa shape index (κ2) is 19.3. The lowest BCUT2D eigenvalue weighted by molar-refractivity contribution is -0.139. The molecule has 0 spiro atoms. The molecule has 6 N–H and O–H groups in total. The van der Waals surface area contributed by atoms with Crippen molar-refractivity contribution in [1.29, 1.82) is 0 Å². The Kier molecular flexibility index (Phi) is 14.1. The molecule has 0 bridgehead atoms. The molecule has 0 radical (unpaired) electrons. The third-order valence-corrected chi connectivity index (χ3v) is 9.36. The molecule has 22 heteroatoms. The molecule has 61 heavy (non-hydrogen) atoms. The molecule has 5 aromatic rings. The fourth-order valence-electron chi connectivity index (χ4n) is 5.27. The van der Waals surface area contributed by atoms with Crippen molar-refractivity contribution in [3.8, 4) is 25.1 Å². The van der Waals surface area contributed by atoms with Gasteiger partial charge in [0.2, 0.25) is 5.95 Å². The van der Waals surface area contributed by atoms with Gasteiger partial charge in [0.15, 0.2) is 11.2 Å². The normalized spacial score (nSPS) is 11.6. The monoisotopic (exact) mass is 860 g/mol. The van der Waals surface area contributed by atoms with Crippen LogP contribution in [-0.2, 0) is 47.1 Å². The molecule has 5 rings (SSSR count). The number of phosphoric acid groups is 1.